The summed E-state index contributed by atoms with van der Waals surface area (Å²) >= 11 is 0. The molecule has 0 heterocycles. The lowest BCUT2D eigenvalue weighted by Crippen LogP contribution is -2.34. The summed E-state index contributed by atoms with van der Waals surface area (Å²) in [6, 6.07) is 3.29. The van der Waals surface area contributed by atoms with E-state index in [-0.39, 0.29) is 17.6 Å². The van der Waals surface area contributed by atoms with Crippen LogP contribution >= 0.6 is 0 Å². The molecule has 0 bridgehead atoms. The van der Waals surface area contributed by atoms with Crippen molar-refractivity contribution >= 4 is 11.4 Å². The first-order valence-electron chi connectivity index (χ1n) is 5.34. The summed E-state index contributed by atoms with van der Waals surface area (Å²) in [6.45, 7) is 4.39. The molecule has 6 heteroatoms. The second kappa shape index (κ2) is 5.58. The second-order valence-electron chi connectivity index (χ2n) is 4.24. The molecule has 0 fully saturated rings. The molecule has 0 aliphatic heterocycles. The maximum absolute atomic E-state index is 13.1. The van der Waals surface area contributed by atoms with Gasteiger partial charge in [-0.25, -0.2) is 4.39 Å². The minimum Gasteiger partial charge on any atom is -0.383 e. The Hall–Kier alpha value is -1.69. The Morgan fingerprint density at radius 3 is 2.65 bits per heavy atom. The number of non-ortho nitro benzene ring substituents is 1. The number of halogens is 1. The van der Waals surface area contributed by atoms with Crippen LogP contribution in [0.3, 0.4) is 0 Å². The van der Waals surface area contributed by atoms with Crippen LogP contribution in [0.25, 0.3) is 0 Å². The summed E-state index contributed by atoms with van der Waals surface area (Å²) in [5, 5.41) is 13.4. The van der Waals surface area contributed by atoms with Gasteiger partial charge in [0.1, 0.15) is 5.82 Å². The van der Waals surface area contributed by atoms with Gasteiger partial charge in [0.25, 0.3) is 5.69 Å². The van der Waals surface area contributed by atoms with Crippen molar-refractivity contribution in [1.29, 1.82) is 0 Å². The van der Waals surface area contributed by atoms with E-state index in [0.29, 0.717) is 12.2 Å². The maximum Gasteiger partial charge on any atom is 0.274 e. The van der Waals surface area contributed by atoms with Crippen LogP contribution in [0, 0.1) is 21.8 Å². The second-order valence-corrected chi connectivity index (χ2v) is 4.24. The van der Waals surface area contributed by atoms with Crippen molar-refractivity contribution in [2.24, 2.45) is 11.7 Å². The number of nitro groups is 1. The van der Waals surface area contributed by atoms with Crippen LogP contribution < -0.4 is 11.1 Å². The molecule has 0 aromatic heterocycles. The van der Waals surface area contributed by atoms with Crippen LogP contribution in [-0.4, -0.2) is 17.5 Å². The van der Waals surface area contributed by atoms with Crippen LogP contribution in [0.4, 0.5) is 15.8 Å². The van der Waals surface area contributed by atoms with Gasteiger partial charge in [-0.2, -0.15) is 0 Å². The van der Waals surface area contributed by atoms with E-state index >= 15 is 0 Å². The molecule has 1 atom stereocenters. The number of anilines is 1. The van der Waals surface area contributed by atoms with Gasteiger partial charge in [-0.05, 0) is 12.0 Å². The lowest BCUT2D eigenvalue weighted by molar-refractivity contribution is -0.385. The first-order chi connectivity index (χ1) is 7.90. The molecule has 3 N–H and O–H groups in total. The fourth-order valence-electron chi connectivity index (χ4n) is 1.25. The van der Waals surface area contributed by atoms with Gasteiger partial charge in [-0.1, -0.05) is 13.8 Å². The molecule has 0 saturated carbocycles. The average Bonchev–Trinajstić information content (AvgIpc) is 2.24. The molecule has 1 rings (SSSR count). The van der Waals surface area contributed by atoms with E-state index in [9.17, 15) is 14.5 Å². The summed E-state index contributed by atoms with van der Waals surface area (Å²) < 4.78 is 13.1. The molecular weight excluding hydrogens is 225 g/mol. The number of nitro benzene ring substituents is 1. The molecule has 0 aliphatic carbocycles. The van der Waals surface area contributed by atoms with Gasteiger partial charge in [0, 0.05) is 24.3 Å². The smallest absolute Gasteiger partial charge is 0.274 e. The predicted molar refractivity (Wildman–Crippen MR) is 64.4 cm³/mol. The molecule has 0 amide bonds. The molecule has 0 spiro atoms. The molecule has 5 nitrogen and oxygen atoms in total. The SMILES string of the molecule is CC(C)C(N)CNc1cc(F)cc([N+](=O)[O-])c1. The van der Waals surface area contributed by atoms with E-state index in [1.165, 1.54) is 12.1 Å². The van der Waals surface area contributed by atoms with Crippen LogP contribution in [0.2, 0.25) is 0 Å². The molecule has 0 saturated heterocycles. The van der Waals surface area contributed by atoms with Crippen molar-refractivity contribution in [2.75, 3.05) is 11.9 Å². The zero-order valence-corrected chi connectivity index (χ0v) is 9.81. The molecule has 0 radical (unpaired) electrons. The quantitative estimate of drug-likeness (QED) is 0.611. The summed E-state index contributed by atoms with van der Waals surface area (Å²) in [5.41, 5.74) is 5.91. The van der Waals surface area contributed by atoms with Crippen molar-refractivity contribution < 1.29 is 9.31 Å². The first kappa shape index (κ1) is 13.4. The summed E-state index contributed by atoms with van der Waals surface area (Å²) in [6.07, 6.45) is 0. The zero-order chi connectivity index (χ0) is 13.0. The topological polar surface area (TPSA) is 81.2 Å². The molecule has 1 unspecified atom stereocenters. The number of nitrogens with one attached hydrogen (secondary N) is 1. The van der Waals surface area contributed by atoms with E-state index in [2.05, 4.69) is 5.32 Å². The third kappa shape index (κ3) is 3.99. The molecule has 1 aromatic carbocycles. The van der Waals surface area contributed by atoms with E-state index in [1.54, 1.807) is 0 Å². The normalized spacial score (nSPS) is 12.5. The van der Waals surface area contributed by atoms with Crippen LogP contribution in [-0.2, 0) is 0 Å². The highest BCUT2D eigenvalue weighted by Gasteiger charge is 2.11. The fraction of sp³-hybridized carbons (Fsp3) is 0.455. The Morgan fingerprint density at radius 2 is 2.12 bits per heavy atom. The third-order valence-electron chi connectivity index (χ3n) is 2.49. The summed E-state index contributed by atoms with van der Waals surface area (Å²) in [4.78, 5) is 9.91. The molecular formula is C11H16FN3O2. The summed E-state index contributed by atoms with van der Waals surface area (Å²) in [7, 11) is 0. The van der Waals surface area contributed by atoms with Crippen molar-refractivity contribution in [1.82, 2.24) is 0 Å². The van der Waals surface area contributed by atoms with Crippen molar-refractivity contribution in [2.45, 2.75) is 19.9 Å². The van der Waals surface area contributed by atoms with Crippen LogP contribution in [0.1, 0.15) is 13.8 Å². The number of nitrogens with zero attached hydrogens (tertiary/aromatic N) is 1. The predicted octanol–water partition coefficient (Wildman–Crippen LogP) is 2.13. The van der Waals surface area contributed by atoms with E-state index in [4.69, 9.17) is 5.73 Å². The largest absolute Gasteiger partial charge is 0.383 e. The van der Waals surface area contributed by atoms with Crippen molar-refractivity contribution in [3.63, 3.8) is 0 Å². The van der Waals surface area contributed by atoms with E-state index < -0.39 is 10.7 Å². The molecule has 17 heavy (non-hydrogen) atoms. The number of nitrogens with two attached hydrogens (primary N) is 1. The Balaban J connectivity index is 2.74. The minimum absolute atomic E-state index is 0.0858. The zero-order valence-electron chi connectivity index (χ0n) is 9.81. The van der Waals surface area contributed by atoms with Gasteiger partial charge >= 0.3 is 0 Å². The van der Waals surface area contributed by atoms with Crippen molar-refractivity contribution in [3.8, 4) is 0 Å². The highest BCUT2D eigenvalue weighted by atomic mass is 19.1. The van der Waals surface area contributed by atoms with Crippen LogP contribution in [0.5, 0.6) is 0 Å². The van der Waals surface area contributed by atoms with Crippen LogP contribution in [0.15, 0.2) is 18.2 Å². The number of rotatable bonds is 5. The third-order valence-corrected chi connectivity index (χ3v) is 2.49. The Morgan fingerprint density at radius 1 is 1.47 bits per heavy atom. The van der Waals surface area contributed by atoms with Gasteiger partial charge in [-0.3, -0.25) is 10.1 Å². The average molecular weight is 241 g/mol. The Kier molecular flexibility index (Phi) is 4.39. The highest BCUT2D eigenvalue weighted by Crippen LogP contribution is 2.20. The van der Waals surface area contributed by atoms with E-state index in [1.807, 2.05) is 13.8 Å². The van der Waals surface area contributed by atoms with Crippen molar-refractivity contribution in [3.05, 3.63) is 34.1 Å². The number of benzene rings is 1. The molecule has 0 aliphatic rings. The molecule has 94 valence electrons. The van der Waals surface area contributed by atoms with Gasteiger partial charge in [-0.15, -0.1) is 0 Å². The first-order valence-corrected chi connectivity index (χ1v) is 5.34. The maximum atomic E-state index is 13.1. The van der Waals surface area contributed by atoms with Gasteiger partial charge in [0.15, 0.2) is 0 Å². The lowest BCUT2D eigenvalue weighted by Gasteiger charge is -2.16. The monoisotopic (exact) mass is 241 g/mol. The minimum atomic E-state index is -0.639. The standard InChI is InChI=1S/C11H16FN3O2/c1-7(2)11(13)6-14-9-3-8(12)4-10(5-9)15(16)17/h3-5,7,11,14H,6,13H2,1-2H3. The Labute approximate surface area is 99.0 Å². The van der Waals surface area contributed by atoms with Gasteiger partial charge in [0.2, 0.25) is 0 Å². The number of hydrogen-bond donors (Lipinski definition) is 2. The lowest BCUT2D eigenvalue weighted by atomic mass is 10.1. The van der Waals surface area contributed by atoms with E-state index in [0.717, 1.165) is 6.07 Å². The van der Waals surface area contributed by atoms with Gasteiger partial charge < -0.3 is 11.1 Å². The fourth-order valence-corrected chi connectivity index (χ4v) is 1.25. The Bertz CT molecular complexity index is 410. The number of hydrogen-bond acceptors (Lipinski definition) is 4. The summed E-state index contributed by atoms with van der Waals surface area (Å²) in [5.74, 6) is -0.356. The highest BCUT2D eigenvalue weighted by molar-refractivity contribution is 5.51. The van der Waals surface area contributed by atoms with Gasteiger partial charge in [0.05, 0.1) is 11.0 Å². The molecule has 1 aromatic rings.